The lowest BCUT2D eigenvalue weighted by Crippen LogP contribution is -2.53. The van der Waals surface area contributed by atoms with E-state index in [0.717, 1.165) is 0 Å². The van der Waals surface area contributed by atoms with Crippen molar-refractivity contribution < 1.29 is 13.2 Å². The number of nitrogens with two attached hydrogens (primary N) is 1. The fraction of sp³-hybridized carbons (Fsp3) is 0.538. The third-order valence-electron chi connectivity index (χ3n) is 3.20. The summed E-state index contributed by atoms with van der Waals surface area (Å²) < 4.78 is 32.5. The Morgan fingerprint density at radius 1 is 1.35 bits per heavy atom. The van der Waals surface area contributed by atoms with Crippen LogP contribution in [0.3, 0.4) is 0 Å². The van der Waals surface area contributed by atoms with Crippen LogP contribution in [0.4, 0.5) is 5.69 Å². The predicted octanol–water partition coefficient (Wildman–Crippen LogP) is 1.16. The Bertz CT molecular complexity index is 569. The van der Waals surface area contributed by atoms with E-state index in [4.69, 9.17) is 10.6 Å². The van der Waals surface area contributed by atoms with Gasteiger partial charge in [-0.1, -0.05) is 0 Å². The Balaban J connectivity index is 2.29. The zero-order chi connectivity index (χ0) is 15.0. The van der Waals surface area contributed by atoms with Gasteiger partial charge in [0.05, 0.1) is 16.6 Å². The summed E-state index contributed by atoms with van der Waals surface area (Å²) in [5, 5.41) is 0. The number of nitrogens with zero attached hydrogens (tertiary/aromatic N) is 1. The van der Waals surface area contributed by atoms with Crippen LogP contribution in [-0.2, 0) is 14.8 Å². The van der Waals surface area contributed by atoms with Crippen molar-refractivity contribution in [1.29, 1.82) is 0 Å². The van der Waals surface area contributed by atoms with Crippen molar-refractivity contribution in [3.8, 4) is 0 Å². The number of nitrogens with one attached hydrogen (secondary N) is 1. The number of rotatable bonds is 3. The summed E-state index contributed by atoms with van der Waals surface area (Å²) >= 11 is 0. The Kier molecular flexibility index (Phi) is 4.06. The average Bonchev–Trinajstić information content (AvgIpc) is 2.36. The van der Waals surface area contributed by atoms with E-state index in [-0.39, 0.29) is 11.0 Å². The van der Waals surface area contributed by atoms with E-state index < -0.39 is 15.6 Å². The highest BCUT2D eigenvalue weighted by Gasteiger charge is 2.37. The molecule has 0 spiro atoms. The highest BCUT2D eigenvalue weighted by atomic mass is 32.2. The molecular formula is C13H21N3O3S. The molecular weight excluding hydrogens is 278 g/mol. The molecule has 1 aromatic rings. The Labute approximate surface area is 119 Å². The van der Waals surface area contributed by atoms with Crippen LogP contribution in [0, 0.1) is 0 Å². The molecule has 20 heavy (non-hydrogen) atoms. The zero-order valence-corrected chi connectivity index (χ0v) is 12.8. The molecule has 0 aliphatic carbocycles. The Morgan fingerprint density at radius 2 is 1.95 bits per heavy atom. The minimum atomic E-state index is -3.51. The van der Waals surface area contributed by atoms with Crippen molar-refractivity contribution in [2.45, 2.75) is 37.4 Å². The van der Waals surface area contributed by atoms with Gasteiger partial charge in [-0.05, 0) is 45.0 Å². The molecule has 1 aliphatic rings. The van der Waals surface area contributed by atoms with Gasteiger partial charge in [-0.2, -0.15) is 4.31 Å². The maximum absolute atomic E-state index is 12.6. The van der Waals surface area contributed by atoms with E-state index in [1.807, 2.05) is 20.8 Å². The third kappa shape index (κ3) is 3.12. The van der Waals surface area contributed by atoms with Crippen molar-refractivity contribution >= 4 is 15.7 Å². The van der Waals surface area contributed by atoms with E-state index in [0.29, 0.717) is 18.8 Å². The number of benzene rings is 1. The maximum Gasteiger partial charge on any atom is 0.243 e. The molecule has 1 unspecified atom stereocenters. The molecule has 0 bridgehead atoms. The van der Waals surface area contributed by atoms with Gasteiger partial charge in [-0.25, -0.2) is 8.42 Å². The van der Waals surface area contributed by atoms with Crippen LogP contribution in [-0.4, -0.2) is 37.5 Å². The van der Waals surface area contributed by atoms with Gasteiger partial charge in [0.1, 0.15) is 0 Å². The van der Waals surface area contributed by atoms with Gasteiger partial charge in [0.2, 0.25) is 10.0 Å². The van der Waals surface area contributed by atoms with Crippen molar-refractivity contribution in [3.63, 3.8) is 0 Å². The number of sulfonamides is 1. The quantitative estimate of drug-likeness (QED) is 0.646. The molecule has 0 amide bonds. The number of hydrogen-bond donors (Lipinski definition) is 2. The molecule has 0 radical (unpaired) electrons. The van der Waals surface area contributed by atoms with Gasteiger partial charge in [-0.15, -0.1) is 0 Å². The summed E-state index contributed by atoms with van der Waals surface area (Å²) in [7, 11) is -3.51. The van der Waals surface area contributed by atoms with Crippen LogP contribution in [0.2, 0.25) is 0 Å². The van der Waals surface area contributed by atoms with Crippen molar-refractivity contribution in [2.75, 3.05) is 18.5 Å². The van der Waals surface area contributed by atoms with Crippen molar-refractivity contribution in [1.82, 2.24) is 4.31 Å². The molecule has 1 aromatic carbocycles. The predicted molar refractivity (Wildman–Crippen MR) is 77.6 cm³/mol. The molecule has 1 heterocycles. The maximum atomic E-state index is 12.6. The summed E-state index contributed by atoms with van der Waals surface area (Å²) in [5.74, 6) is 5.28. The SMILES string of the molecule is CC1CN(S(=O)(=O)c2ccc(NN)cc2)CC(C)(C)O1. The van der Waals surface area contributed by atoms with Gasteiger partial charge in [0.25, 0.3) is 0 Å². The highest BCUT2D eigenvalue weighted by Crippen LogP contribution is 2.26. The largest absolute Gasteiger partial charge is 0.370 e. The number of hydrazine groups is 1. The lowest BCUT2D eigenvalue weighted by Gasteiger charge is -2.40. The topological polar surface area (TPSA) is 84.7 Å². The van der Waals surface area contributed by atoms with Gasteiger partial charge in [-0.3, -0.25) is 5.84 Å². The molecule has 6 nitrogen and oxygen atoms in total. The molecule has 3 N–H and O–H groups in total. The molecule has 1 aliphatic heterocycles. The van der Waals surface area contributed by atoms with Gasteiger partial charge in [0.15, 0.2) is 0 Å². The number of morpholine rings is 1. The second kappa shape index (κ2) is 5.33. The number of hydrogen-bond acceptors (Lipinski definition) is 5. The summed E-state index contributed by atoms with van der Waals surface area (Å²) in [5.41, 5.74) is 2.66. The zero-order valence-electron chi connectivity index (χ0n) is 12.0. The molecule has 112 valence electrons. The summed E-state index contributed by atoms with van der Waals surface area (Å²) in [4.78, 5) is 0.265. The lowest BCUT2D eigenvalue weighted by molar-refractivity contribution is -0.109. The van der Waals surface area contributed by atoms with Crippen LogP contribution in [0.15, 0.2) is 29.2 Å². The summed E-state index contributed by atoms with van der Waals surface area (Å²) in [6.07, 6.45) is -0.126. The van der Waals surface area contributed by atoms with Crippen molar-refractivity contribution in [2.24, 2.45) is 5.84 Å². The second-order valence-corrected chi connectivity index (χ2v) is 7.59. The standard InChI is InChI=1S/C13H21N3O3S/c1-10-8-16(9-13(2,3)19-10)20(17,18)12-6-4-11(15-14)5-7-12/h4-7,10,15H,8-9,14H2,1-3H3. The van der Waals surface area contributed by atoms with Crippen LogP contribution < -0.4 is 11.3 Å². The van der Waals surface area contributed by atoms with Crippen LogP contribution in [0.25, 0.3) is 0 Å². The molecule has 0 saturated carbocycles. The van der Waals surface area contributed by atoms with E-state index in [9.17, 15) is 8.42 Å². The van der Waals surface area contributed by atoms with Crippen molar-refractivity contribution in [3.05, 3.63) is 24.3 Å². The smallest absolute Gasteiger partial charge is 0.243 e. The van der Waals surface area contributed by atoms with Crippen LogP contribution >= 0.6 is 0 Å². The molecule has 0 aromatic heterocycles. The van der Waals surface area contributed by atoms with E-state index in [1.165, 1.54) is 4.31 Å². The number of ether oxygens (including phenoxy) is 1. The molecule has 1 fully saturated rings. The fourth-order valence-electron chi connectivity index (χ4n) is 2.45. The normalized spacial score (nSPS) is 23.5. The lowest BCUT2D eigenvalue weighted by atomic mass is 10.1. The first-order chi connectivity index (χ1) is 9.24. The monoisotopic (exact) mass is 299 g/mol. The summed E-state index contributed by atoms with van der Waals surface area (Å²) in [6, 6.07) is 6.39. The molecule has 1 saturated heterocycles. The van der Waals surface area contributed by atoms with E-state index in [2.05, 4.69) is 5.43 Å². The molecule has 7 heteroatoms. The first kappa shape index (κ1) is 15.2. The first-order valence-corrected chi connectivity index (χ1v) is 7.93. The van der Waals surface area contributed by atoms with E-state index in [1.54, 1.807) is 24.3 Å². The van der Waals surface area contributed by atoms with Gasteiger partial charge >= 0.3 is 0 Å². The minimum absolute atomic E-state index is 0.126. The van der Waals surface area contributed by atoms with E-state index >= 15 is 0 Å². The third-order valence-corrected chi connectivity index (χ3v) is 5.02. The van der Waals surface area contributed by atoms with Crippen LogP contribution in [0.1, 0.15) is 20.8 Å². The van der Waals surface area contributed by atoms with Gasteiger partial charge < -0.3 is 10.2 Å². The fourth-order valence-corrected chi connectivity index (χ4v) is 4.12. The molecule has 1 atom stereocenters. The first-order valence-electron chi connectivity index (χ1n) is 6.49. The number of nitrogen functional groups attached to an aromatic ring is 1. The second-order valence-electron chi connectivity index (χ2n) is 5.65. The highest BCUT2D eigenvalue weighted by molar-refractivity contribution is 7.89. The van der Waals surface area contributed by atoms with Gasteiger partial charge in [0, 0.05) is 18.8 Å². The summed E-state index contributed by atoms with van der Waals surface area (Å²) in [6.45, 7) is 6.38. The van der Waals surface area contributed by atoms with Crippen LogP contribution in [0.5, 0.6) is 0 Å². The molecule has 2 rings (SSSR count). The Hall–Kier alpha value is -1.15. The average molecular weight is 299 g/mol. The Morgan fingerprint density at radius 3 is 2.45 bits per heavy atom. The minimum Gasteiger partial charge on any atom is -0.370 e. The number of anilines is 1.